The molecule has 1 rings (SSSR count). The van der Waals surface area contributed by atoms with Gasteiger partial charge in [-0.15, -0.1) is 0 Å². The van der Waals surface area contributed by atoms with E-state index in [1.165, 1.54) is 7.11 Å². The van der Waals surface area contributed by atoms with Crippen molar-refractivity contribution in [1.29, 1.82) is 0 Å². The fourth-order valence-corrected chi connectivity index (χ4v) is 6.99. The quantitative estimate of drug-likeness (QED) is 0.392. The molecule has 0 aromatic carbocycles. The van der Waals surface area contributed by atoms with Crippen LogP contribution < -0.4 is 5.19 Å². The molecule has 0 atom stereocenters. The van der Waals surface area contributed by atoms with E-state index in [1.807, 2.05) is 0 Å². The van der Waals surface area contributed by atoms with E-state index in [1.54, 1.807) is 6.07 Å². The van der Waals surface area contributed by atoms with Gasteiger partial charge < -0.3 is 4.74 Å². The van der Waals surface area contributed by atoms with Gasteiger partial charge in [0.1, 0.15) is 10.3 Å². The summed E-state index contributed by atoms with van der Waals surface area (Å²) in [5.74, 6) is -0.723. The third-order valence-electron chi connectivity index (χ3n) is 4.33. The highest BCUT2D eigenvalue weighted by Crippen LogP contribution is 2.24. The second kappa shape index (κ2) is 8.15. The number of carbonyl (C=O) groups excluding carboxylic acids is 1. The van der Waals surface area contributed by atoms with Gasteiger partial charge in [-0.2, -0.15) is 0 Å². The topological polar surface area (TPSA) is 39.2 Å². The lowest BCUT2D eigenvalue weighted by Gasteiger charge is -2.29. The van der Waals surface area contributed by atoms with E-state index in [0.717, 1.165) is 23.3 Å². The molecule has 1 aromatic heterocycles. The molecule has 0 amide bonds. The summed E-state index contributed by atoms with van der Waals surface area (Å²) in [6.45, 7) is 6.61. The third kappa shape index (κ3) is 3.99. The fourth-order valence-electron chi connectivity index (χ4n) is 2.70. The number of ether oxygens (including phenoxy) is 1. The van der Waals surface area contributed by atoms with Gasteiger partial charge in [0.2, 0.25) is 0 Å². The Hall–Kier alpha value is -0.593. The molecule has 6 heteroatoms. The second-order valence-corrected chi connectivity index (χ2v) is 11.2. The Kier molecular flexibility index (Phi) is 7.16. The van der Waals surface area contributed by atoms with Crippen molar-refractivity contribution in [2.75, 3.05) is 13.7 Å². The van der Waals surface area contributed by atoms with Crippen molar-refractivity contribution in [3.63, 3.8) is 0 Å². The van der Waals surface area contributed by atoms with Gasteiger partial charge in [-0.1, -0.05) is 38.9 Å². The third-order valence-corrected chi connectivity index (χ3v) is 10.3. The first-order valence-corrected chi connectivity index (χ1v) is 10.8. The summed E-state index contributed by atoms with van der Waals surface area (Å²) < 4.78 is 20.3. The van der Waals surface area contributed by atoms with Crippen LogP contribution in [0.5, 0.6) is 0 Å². The van der Waals surface area contributed by atoms with Crippen LogP contribution in [-0.4, -0.2) is 32.6 Å². The summed E-state index contributed by atoms with van der Waals surface area (Å²) in [5.41, 5.74) is -0.0522. The molecule has 0 aliphatic rings. The van der Waals surface area contributed by atoms with Crippen molar-refractivity contribution in [3.05, 3.63) is 22.2 Å². The van der Waals surface area contributed by atoms with Crippen molar-refractivity contribution >= 4 is 35.0 Å². The number of methoxy groups -OCH3 is 1. The maximum Gasteiger partial charge on any atom is 0.186 e. The molecule has 118 valence electrons. The number of pyridine rings is 1. The normalized spacial score (nSPS) is 11.7. The number of ketones is 1. The number of nitrogens with zero attached hydrogens (tertiary/aromatic N) is 1. The lowest BCUT2D eigenvalue weighted by atomic mass is 10.2. The van der Waals surface area contributed by atoms with Gasteiger partial charge in [0.05, 0.1) is 14.7 Å². The molecule has 0 radical (unpaired) electrons. The van der Waals surface area contributed by atoms with Crippen LogP contribution >= 0.6 is 15.9 Å². The predicted octanol–water partition coefficient (Wildman–Crippen LogP) is 3.92. The molecule has 0 saturated carbocycles. The van der Waals surface area contributed by atoms with Crippen molar-refractivity contribution in [2.24, 2.45) is 0 Å². The number of hydrogen-bond donors (Lipinski definition) is 0. The molecule has 0 bridgehead atoms. The molecular weight excluding hydrogens is 353 g/mol. The van der Waals surface area contributed by atoms with Gasteiger partial charge in [-0.25, -0.2) is 9.37 Å². The van der Waals surface area contributed by atoms with Crippen molar-refractivity contribution < 1.29 is 13.9 Å². The Morgan fingerprint density at radius 2 is 1.90 bits per heavy atom. The fraction of sp³-hybridized carbons (Fsp3) is 0.600. The molecule has 0 N–H and O–H groups in total. The lowest BCUT2D eigenvalue weighted by Crippen LogP contribution is -2.48. The SMILES string of the molecule is CC[Si](CC)(CC)c1cc(Br)nc(C(=O)CCOC)c1F. The number of aromatic nitrogens is 1. The standard InChI is InChI=1S/C15H23BrFNO2Si/c1-5-21(6-2,7-3)12-10-13(16)18-15(14(12)17)11(19)8-9-20-4/h10H,5-9H2,1-4H3. The van der Waals surface area contributed by atoms with Gasteiger partial charge >= 0.3 is 0 Å². The predicted molar refractivity (Wildman–Crippen MR) is 89.5 cm³/mol. The highest BCUT2D eigenvalue weighted by molar-refractivity contribution is 9.10. The van der Waals surface area contributed by atoms with E-state index in [0.29, 0.717) is 4.60 Å². The van der Waals surface area contributed by atoms with Crippen LogP contribution in [0.15, 0.2) is 10.7 Å². The van der Waals surface area contributed by atoms with E-state index < -0.39 is 13.9 Å². The van der Waals surface area contributed by atoms with Crippen molar-refractivity contribution in [2.45, 2.75) is 45.3 Å². The first-order valence-electron chi connectivity index (χ1n) is 7.34. The van der Waals surface area contributed by atoms with E-state index in [9.17, 15) is 9.18 Å². The Balaban J connectivity index is 3.36. The second-order valence-electron chi connectivity index (χ2n) is 5.16. The van der Waals surface area contributed by atoms with Gasteiger partial charge in [0, 0.05) is 13.5 Å². The van der Waals surface area contributed by atoms with Gasteiger partial charge in [0.15, 0.2) is 11.6 Å². The summed E-state index contributed by atoms with van der Waals surface area (Å²) in [6, 6.07) is 4.64. The molecular formula is C15H23BrFNO2Si. The van der Waals surface area contributed by atoms with Crippen LogP contribution in [0.2, 0.25) is 18.1 Å². The number of Topliss-reactive ketones (excluding diaryl/α,β-unsaturated/α-hetero) is 1. The average Bonchev–Trinajstić information content (AvgIpc) is 2.50. The summed E-state index contributed by atoms with van der Waals surface area (Å²) in [5, 5.41) is 0.720. The zero-order valence-electron chi connectivity index (χ0n) is 13.1. The smallest absolute Gasteiger partial charge is 0.186 e. The molecule has 1 heterocycles. The van der Waals surface area contributed by atoms with Crippen LogP contribution in [0, 0.1) is 5.82 Å². The first kappa shape index (κ1) is 18.5. The Bertz CT molecular complexity index is 498. The van der Waals surface area contributed by atoms with Gasteiger partial charge in [-0.3, -0.25) is 4.79 Å². The zero-order valence-corrected chi connectivity index (χ0v) is 15.7. The maximum atomic E-state index is 14.9. The summed E-state index contributed by atoms with van der Waals surface area (Å²) >= 11 is 3.32. The highest BCUT2D eigenvalue weighted by atomic mass is 79.9. The van der Waals surface area contributed by atoms with Gasteiger partial charge in [-0.05, 0) is 27.2 Å². The monoisotopic (exact) mass is 375 g/mol. The summed E-state index contributed by atoms with van der Waals surface area (Å²) in [6.07, 6.45) is 0.148. The largest absolute Gasteiger partial charge is 0.384 e. The van der Waals surface area contributed by atoms with E-state index in [-0.39, 0.29) is 24.5 Å². The number of hydrogen-bond acceptors (Lipinski definition) is 3. The molecule has 0 fully saturated rings. The van der Waals surface area contributed by atoms with Crippen LogP contribution in [0.3, 0.4) is 0 Å². The van der Waals surface area contributed by atoms with Crippen LogP contribution in [0.4, 0.5) is 4.39 Å². The summed E-state index contributed by atoms with van der Waals surface area (Å²) in [7, 11) is -0.386. The Morgan fingerprint density at radius 3 is 2.38 bits per heavy atom. The van der Waals surface area contributed by atoms with Crippen LogP contribution in [-0.2, 0) is 4.74 Å². The Labute approximate surface area is 135 Å². The molecule has 0 unspecified atom stereocenters. The zero-order chi connectivity index (χ0) is 16.0. The lowest BCUT2D eigenvalue weighted by molar-refractivity contribution is 0.0923. The highest BCUT2D eigenvalue weighted by Gasteiger charge is 2.34. The molecule has 0 spiro atoms. The van der Waals surface area contributed by atoms with E-state index >= 15 is 0 Å². The molecule has 3 nitrogen and oxygen atoms in total. The number of carbonyl (C=O) groups is 1. The van der Waals surface area contributed by atoms with Gasteiger partial charge in [0.25, 0.3) is 0 Å². The Morgan fingerprint density at radius 1 is 1.33 bits per heavy atom. The summed E-state index contributed by atoms with van der Waals surface area (Å²) in [4.78, 5) is 16.2. The number of halogens is 2. The molecule has 0 aliphatic carbocycles. The molecule has 1 aromatic rings. The van der Waals surface area contributed by atoms with E-state index in [4.69, 9.17) is 4.74 Å². The minimum absolute atomic E-state index is 0.0522. The van der Waals surface area contributed by atoms with Crippen LogP contribution in [0.1, 0.15) is 37.7 Å². The molecule has 0 aliphatic heterocycles. The van der Waals surface area contributed by atoms with Crippen molar-refractivity contribution in [1.82, 2.24) is 4.98 Å². The number of rotatable bonds is 8. The van der Waals surface area contributed by atoms with E-state index in [2.05, 4.69) is 41.7 Å². The average molecular weight is 376 g/mol. The van der Waals surface area contributed by atoms with Crippen molar-refractivity contribution in [3.8, 4) is 0 Å². The van der Waals surface area contributed by atoms with Crippen LogP contribution in [0.25, 0.3) is 0 Å². The minimum Gasteiger partial charge on any atom is -0.384 e. The molecule has 21 heavy (non-hydrogen) atoms. The maximum absolute atomic E-state index is 14.9. The first-order chi connectivity index (χ1) is 9.95. The minimum atomic E-state index is -1.91. The molecule has 0 saturated heterocycles.